The Morgan fingerprint density at radius 1 is 1.26 bits per heavy atom. The average molecular weight is 324 g/mol. The van der Waals surface area contributed by atoms with Crippen molar-refractivity contribution < 1.29 is 4.79 Å². The lowest BCUT2D eigenvalue weighted by atomic mass is 10.1. The molecule has 1 fully saturated rings. The highest BCUT2D eigenvalue weighted by molar-refractivity contribution is 9.10. The van der Waals surface area contributed by atoms with E-state index in [9.17, 15) is 4.79 Å². The van der Waals surface area contributed by atoms with Crippen LogP contribution < -0.4 is 5.43 Å². The molecule has 19 heavy (non-hydrogen) atoms. The van der Waals surface area contributed by atoms with Gasteiger partial charge in [-0.25, -0.2) is 5.43 Å². The number of hydrogen-bond donors (Lipinski definition) is 1. The van der Waals surface area contributed by atoms with Gasteiger partial charge in [-0.1, -0.05) is 34.5 Å². The molecular formula is C14H18BrN3O. The SMILES string of the molecule is O=C(CN1CCCCC1)NN=Cc1ccc(Br)cc1. The van der Waals surface area contributed by atoms with E-state index in [-0.39, 0.29) is 5.91 Å². The van der Waals surface area contributed by atoms with Crippen LogP contribution in [0.25, 0.3) is 0 Å². The third kappa shape index (κ3) is 5.12. The van der Waals surface area contributed by atoms with E-state index >= 15 is 0 Å². The van der Waals surface area contributed by atoms with Gasteiger partial charge in [-0.2, -0.15) is 5.10 Å². The first-order chi connectivity index (χ1) is 9.24. The number of nitrogens with one attached hydrogen (secondary N) is 1. The van der Waals surface area contributed by atoms with E-state index in [1.54, 1.807) is 6.21 Å². The van der Waals surface area contributed by atoms with Crippen LogP contribution >= 0.6 is 15.9 Å². The minimum atomic E-state index is -0.0461. The first kappa shape index (κ1) is 14.2. The molecule has 1 heterocycles. The van der Waals surface area contributed by atoms with Gasteiger partial charge in [-0.05, 0) is 43.6 Å². The van der Waals surface area contributed by atoms with E-state index in [2.05, 4.69) is 31.4 Å². The predicted octanol–water partition coefficient (Wildman–Crippen LogP) is 2.39. The van der Waals surface area contributed by atoms with Crippen molar-refractivity contribution in [3.63, 3.8) is 0 Å². The first-order valence-electron chi connectivity index (χ1n) is 6.54. The largest absolute Gasteiger partial charge is 0.294 e. The predicted molar refractivity (Wildman–Crippen MR) is 80.2 cm³/mol. The molecule has 0 unspecified atom stereocenters. The molecule has 1 aromatic carbocycles. The maximum atomic E-state index is 11.7. The molecule has 1 N–H and O–H groups in total. The molecule has 1 saturated heterocycles. The fraction of sp³-hybridized carbons (Fsp3) is 0.429. The molecule has 0 bridgehead atoms. The number of halogens is 1. The molecular weight excluding hydrogens is 306 g/mol. The van der Waals surface area contributed by atoms with Crippen molar-refractivity contribution in [2.24, 2.45) is 5.10 Å². The highest BCUT2D eigenvalue weighted by Crippen LogP contribution is 2.09. The Balaban J connectivity index is 1.74. The number of likely N-dealkylation sites (tertiary alicyclic amines) is 1. The van der Waals surface area contributed by atoms with Gasteiger partial charge in [0, 0.05) is 4.47 Å². The Bertz CT molecular complexity index is 439. The zero-order chi connectivity index (χ0) is 13.5. The van der Waals surface area contributed by atoms with Gasteiger partial charge in [0.05, 0.1) is 12.8 Å². The smallest absolute Gasteiger partial charge is 0.254 e. The van der Waals surface area contributed by atoms with Gasteiger partial charge in [0.1, 0.15) is 0 Å². The van der Waals surface area contributed by atoms with Crippen molar-refractivity contribution in [2.45, 2.75) is 19.3 Å². The second-order valence-corrected chi connectivity index (χ2v) is 5.60. The van der Waals surface area contributed by atoms with Crippen LogP contribution in [0.15, 0.2) is 33.8 Å². The monoisotopic (exact) mass is 323 g/mol. The maximum Gasteiger partial charge on any atom is 0.254 e. The van der Waals surface area contributed by atoms with Gasteiger partial charge in [0.2, 0.25) is 0 Å². The molecule has 1 amide bonds. The molecule has 1 aromatic rings. The van der Waals surface area contributed by atoms with Crippen molar-refractivity contribution in [1.82, 2.24) is 10.3 Å². The van der Waals surface area contributed by atoms with Crippen LogP contribution in [0, 0.1) is 0 Å². The summed E-state index contributed by atoms with van der Waals surface area (Å²) in [5.74, 6) is -0.0461. The molecule has 2 rings (SSSR count). The van der Waals surface area contributed by atoms with Crippen LogP contribution in [0.3, 0.4) is 0 Å². The molecule has 1 aliphatic rings. The van der Waals surface area contributed by atoms with Crippen LogP contribution in [0.4, 0.5) is 0 Å². The number of benzene rings is 1. The summed E-state index contributed by atoms with van der Waals surface area (Å²) in [7, 11) is 0. The number of rotatable bonds is 4. The number of amides is 1. The summed E-state index contributed by atoms with van der Waals surface area (Å²) in [5.41, 5.74) is 3.53. The highest BCUT2D eigenvalue weighted by atomic mass is 79.9. The molecule has 0 atom stereocenters. The van der Waals surface area contributed by atoms with Crippen LogP contribution in [0.1, 0.15) is 24.8 Å². The van der Waals surface area contributed by atoms with E-state index in [0.29, 0.717) is 6.54 Å². The Kier molecular flexibility index (Phi) is 5.54. The lowest BCUT2D eigenvalue weighted by Gasteiger charge is -2.25. The molecule has 102 valence electrons. The minimum Gasteiger partial charge on any atom is -0.294 e. The fourth-order valence-corrected chi connectivity index (χ4v) is 2.35. The van der Waals surface area contributed by atoms with E-state index < -0.39 is 0 Å². The topological polar surface area (TPSA) is 44.7 Å². The lowest BCUT2D eigenvalue weighted by molar-refractivity contribution is -0.122. The quantitative estimate of drug-likeness (QED) is 0.683. The maximum absolute atomic E-state index is 11.7. The number of nitrogens with zero attached hydrogens (tertiary/aromatic N) is 2. The second-order valence-electron chi connectivity index (χ2n) is 4.68. The van der Waals surface area contributed by atoms with E-state index in [1.165, 1.54) is 19.3 Å². The number of carbonyl (C=O) groups excluding carboxylic acids is 1. The van der Waals surface area contributed by atoms with Crippen LogP contribution in [-0.2, 0) is 4.79 Å². The molecule has 4 nitrogen and oxygen atoms in total. The average Bonchev–Trinajstić information content (AvgIpc) is 2.42. The number of hydrogen-bond acceptors (Lipinski definition) is 3. The summed E-state index contributed by atoms with van der Waals surface area (Å²) in [5, 5.41) is 3.97. The third-order valence-electron chi connectivity index (χ3n) is 3.09. The summed E-state index contributed by atoms with van der Waals surface area (Å²) in [6.07, 6.45) is 5.31. The van der Waals surface area contributed by atoms with Gasteiger partial charge in [-0.15, -0.1) is 0 Å². The Morgan fingerprint density at radius 3 is 2.63 bits per heavy atom. The van der Waals surface area contributed by atoms with Gasteiger partial charge in [0.15, 0.2) is 0 Å². The van der Waals surface area contributed by atoms with E-state index in [0.717, 1.165) is 23.1 Å². The zero-order valence-corrected chi connectivity index (χ0v) is 12.4. The number of hydrazone groups is 1. The first-order valence-corrected chi connectivity index (χ1v) is 7.33. The molecule has 5 heteroatoms. The summed E-state index contributed by atoms with van der Waals surface area (Å²) in [4.78, 5) is 13.9. The molecule has 0 aliphatic carbocycles. The van der Waals surface area contributed by atoms with E-state index in [1.807, 2.05) is 24.3 Å². The molecule has 0 saturated carbocycles. The number of carbonyl (C=O) groups is 1. The zero-order valence-electron chi connectivity index (χ0n) is 10.8. The lowest BCUT2D eigenvalue weighted by Crippen LogP contribution is -2.38. The van der Waals surface area contributed by atoms with Crippen molar-refractivity contribution in [3.05, 3.63) is 34.3 Å². The van der Waals surface area contributed by atoms with Crippen LogP contribution in [-0.4, -0.2) is 36.7 Å². The molecule has 0 radical (unpaired) electrons. The summed E-state index contributed by atoms with van der Waals surface area (Å²) < 4.78 is 1.03. The van der Waals surface area contributed by atoms with Crippen molar-refractivity contribution in [3.8, 4) is 0 Å². The summed E-state index contributed by atoms with van der Waals surface area (Å²) >= 11 is 3.37. The third-order valence-corrected chi connectivity index (χ3v) is 3.62. The van der Waals surface area contributed by atoms with Gasteiger partial charge < -0.3 is 0 Å². The molecule has 0 spiro atoms. The van der Waals surface area contributed by atoms with Gasteiger partial charge in [-0.3, -0.25) is 9.69 Å². The van der Waals surface area contributed by atoms with Crippen LogP contribution in [0.5, 0.6) is 0 Å². The summed E-state index contributed by atoms with van der Waals surface area (Å²) in [6, 6.07) is 7.75. The highest BCUT2D eigenvalue weighted by Gasteiger charge is 2.12. The van der Waals surface area contributed by atoms with Gasteiger partial charge >= 0.3 is 0 Å². The number of piperidine rings is 1. The Morgan fingerprint density at radius 2 is 1.95 bits per heavy atom. The van der Waals surface area contributed by atoms with Crippen molar-refractivity contribution >= 4 is 28.1 Å². The molecule has 1 aliphatic heterocycles. The fourth-order valence-electron chi connectivity index (χ4n) is 2.08. The van der Waals surface area contributed by atoms with Crippen molar-refractivity contribution in [2.75, 3.05) is 19.6 Å². The van der Waals surface area contributed by atoms with Crippen LogP contribution in [0.2, 0.25) is 0 Å². The Hall–Kier alpha value is -1.20. The second kappa shape index (κ2) is 7.40. The summed E-state index contributed by atoms with van der Waals surface area (Å²) in [6.45, 7) is 2.48. The molecule has 0 aromatic heterocycles. The van der Waals surface area contributed by atoms with E-state index in [4.69, 9.17) is 0 Å². The van der Waals surface area contributed by atoms with Gasteiger partial charge in [0.25, 0.3) is 5.91 Å². The standard InChI is InChI=1S/C14H18BrN3O/c15-13-6-4-12(5-7-13)10-16-17-14(19)11-18-8-2-1-3-9-18/h4-7,10H,1-3,8-9,11H2,(H,17,19). The normalized spacial score (nSPS) is 16.7. The van der Waals surface area contributed by atoms with Crippen molar-refractivity contribution in [1.29, 1.82) is 0 Å². The minimum absolute atomic E-state index is 0.0461. The Labute approximate surface area is 122 Å².